The van der Waals surface area contributed by atoms with Crippen molar-refractivity contribution >= 4 is 39.6 Å². The topological polar surface area (TPSA) is 92.3 Å². The summed E-state index contributed by atoms with van der Waals surface area (Å²) in [5.41, 5.74) is 0.690. The van der Waals surface area contributed by atoms with E-state index in [4.69, 9.17) is 21.4 Å². The number of halogens is 1. The highest BCUT2D eigenvalue weighted by Crippen LogP contribution is 2.22. The number of carboxylic acid groups (broad SMARTS) is 1. The Bertz CT molecular complexity index is 1100. The lowest BCUT2D eigenvalue weighted by Crippen LogP contribution is -2.11. The maximum absolute atomic E-state index is 12.2. The second-order valence-electron chi connectivity index (χ2n) is 5.61. The van der Waals surface area contributed by atoms with Gasteiger partial charge in [-0.3, -0.25) is 4.79 Å². The van der Waals surface area contributed by atoms with Crippen molar-refractivity contribution in [1.82, 2.24) is 9.97 Å². The molecule has 1 heterocycles. The first-order valence-electron chi connectivity index (χ1n) is 7.96. The molecule has 3 rings (SSSR count). The van der Waals surface area contributed by atoms with Crippen LogP contribution in [0.2, 0.25) is 0 Å². The van der Waals surface area contributed by atoms with Crippen LogP contribution in [0.5, 0.6) is 5.75 Å². The van der Waals surface area contributed by atoms with Gasteiger partial charge in [-0.15, -0.1) is 0 Å². The average molecular weight is 383 g/mol. The SMILES string of the molecule is C=CCOc1ccc(/C=C(\Cl)c2nc3cc(C(=O)O)ccc3c(=O)[nH]2)cc1. The van der Waals surface area contributed by atoms with Gasteiger partial charge in [0.1, 0.15) is 12.4 Å². The van der Waals surface area contributed by atoms with Crippen molar-refractivity contribution in [3.05, 3.63) is 82.4 Å². The van der Waals surface area contributed by atoms with Gasteiger partial charge in [-0.2, -0.15) is 0 Å². The zero-order valence-corrected chi connectivity index (χ0v) is 14.9. The predicted molar refractivity (Wildman–Crippen MR) is 105 cm³/mol. The second kappa shape index (κ2) is 7.88. The number of fused-ring (bicyclic) bond motifs is 1. The maximum atomic E-state index is 12.2. The van der Waals surface area contributed by atoms with Gasteiger partial charge >= 0.3 is 5.97 Å². The van der Waals surface area contributed by atoms with E-state index in [9.17, 15) is 9.59 Å². The quantitative estimate of drug-likeness (QED) is 0.630. The number of ether oxygens (including phenoxy) is 1. The third-order valence-corrected chi connectivity index (χ3v) is 4.01. The fourth-order valence-corrected chi connectivity index (χ4v) is 2.63. The molecular weight excluding hydrogens is 368 g/mol. The molecule has 1 aromatic heterocycles. The minimum atomic E-state index is -1.10. The summed E-state index contributed by atoms with van der Waals surface area (Å²) in [6, 6.07) is 11.3. The molecule has 0 amide bonds. The van der Waals surface area contributed by atoms with Crippen molar-refractivity contribution in [3.63, 3.8) is 0 Å². The van der Waals surface area contributed by atoms with E-state index in [0.29, 0.717) is 12.4 Å². The molecular formula is C20H15ClN2O4. The fraction of sp³-hybridized carbons (Fsp3) is 0.0500. The number of nitrogens with one attached hydrogen (secondary N) is 1. The van der Waals surface area contributed by atoms with Crippen LogP contribution in [0.4, 0.5) is 0 Å². The second-order valence-corrected chi connectivity index (χ2v) is 6.02. The van der Waals surface area contributed by atoms with Gasteiger partial charge < -0.3 is 14.8 Å². The number of hydrogen-bond donors (Lipinski definition) is 2. The molecule has 27 heavy (non-hydrogen) atoms. The van der Waals surface area contributed by atoms with Crippen LogP contribution in [0.1, 0.15) is 21.7 Å². The Morgan fingerprint density at radius 3 is 2.67 bits per heavy atom. The molecule has 0 unspecified atom stereocenters. The Hall–Kier alpha value is -3.38. The molecule has 0 aliphatic carbocycles. The van der Waals surface area contributed by atoms with Crippen molar-refractivity contribution in [3.8, 4) is 5.75 Å². The van der Waals surface area contributed by atoms with Crippen LogP contribution in [0, 0.1) is 0 Å². The van der Waals surface area contributed by atoms with Crippen molar-refractivity contribution in [2.24, 2.45) is 0 Å². The Kier molecular flexibility index (Phi) is 5.38. The molecule has 0 radical (unpaired) electrons. The lowest BCUT2D eigenvalue weighted by Gasteiger charge is -2.05. The first-order chi connectivity index (χ1) is 13.0. The number of hydrogen-bond acceptors (Lipinski definition) is 4. The van der Waals surface area contributed by atoms with Gasteiger partial charge in [0.05, 0.1) is 21.5 Å². The van der Waals surface area contributed by atoms with Crippen molar-refractivity contribution in [2.75, 3.05) is 6.61 Å². The molecule has 7 heteroatoms. The van der Waals surface area contributed by atoms with E-state index in [-0.39, 0.29) is 27.3 Å². The van der Waals surface area contributed by atoms with Crippen molar-refractivity contribution in [1.29, 1.82) is 0 Å². The summed E-state index contributed by atoms with van der Waals surface area (Å²) in [5.74, 6) is -0.244. The van der Waals surface area contributed by atoms with E-state index < -0.39 is 11.5 Å². The van der Waals surface area contributed by atoms with Gasteiger partial charge in [-0.05, 0) is 42.0 Å². The molecule has 3 aromatic rings. The number of H-pyrrole nitrogens is 1. The summed E-state index contributed by atoms with van der Waals surface area (Å²) < 4.78 is 5.41. The molecule has 0 aliphatic heterocycles. The minimum absolute atomic E-state index is 0.0433. The van der Waals surface area contributed by atoms with Crippen LogP contribution < -0.4 is 10.3 Å². The van der Waals surface area contributed by atoms with Crippen LogP contribution in [-0.4, -0.2) is 27.7 Å². The Morgan fingerprint density at radius 2 is 2.00 bits per heavy atom. The largest absolute Gasteiger partial charge is 0.490 e. The lowest BCUT2D eigenvalue weighted by molar-refractivity contribution is 0.0697. The number of aromatic carboxylic acids is 1. The summed E-state index contributed by atoms with van der Waals surface area (Å²) in [7, 11) is 0. The third-order valence-electron chi connectivity index (χ3n) is 3.72. The third kappa shape index (κ3) is 4.24. The van der Waals surface area contributed by atoms with E-state index in [0.717, 1.165) is 5.56 Å². The number of aromatic nitrogens is 2. The van der Waals surface area contributed by atoms with Crippen molar-refractivity contribution in [2.45, 2.75) is 0 Å². The molecule has 0 bridgehead atoms. The number of aromatic amines is 1. The van der Waals surface area contributed by atoms with Crippen molar-refractivity contribution < 1.29 is 14.6 Å². The summed E-state index contributed by atoms with van der Waals surface area (Å²) in [6.45, 7) is 4.00. The highest BCUT2D eigenvalue weighted by atomic mass is 35.5. The molecule has 0 saturated carbocycles. The van der Waals surface area contributed by atoms with E-state index in [1.54, 1.807) is 24.3 Å². The van der Waals surface area contributed by atoms with Gasteiger partial charge in [-0.25, -0.2) is 9.78 Å². The average Bonchev–Trinajstić information content (AvgIpc) is 2.66. The maximum Gasteiger partial charge on any atom is 0.335 e. The zero-order chi connectivity index (χ0) is 19.4. The van der Waals surface area contributed by atoms with Crippen LogP contribution in [0.25, 0.3) is 22.0 Å². The van der Waals surface area contributed by atoms with E-state index >= 15 is 0 Å². The normalized spacial score (nSPS) is 11.4. The summed E-state index contributed by atoms with van der Waals surface area (Å²) in [4.78, 5) is 30.2. The number of benzene rings is 2. The van der Waals surface area contributed by atoms with E-state index in [1.807, 2.05) is 12.1 Å². The number of carbonyl (C=O) groups is 1. The van der Waals surface area contributed by atoms with Gasteiger partial charge in [0.25, 0.3) is 5.56 Å². The van der Waals surface area contributed by atoms with Crippen LogP contribution >= 0.6 is 11.6 Å². The summed E-state index contributed by atoms with van der Waals surface area (Å²) in [5, 5.41) is 9.60. The fourth-order valence-electron chi connectivity index (χ4n) is 2.42. The summed E-state index contributed by atoms with van der Waals surface area (Å²) >= 11 is 6.31. The molecule has 6 nitrogen and oxygen atoms in total. The number of nitrogens with zero attached hydrogens (tertiary/aromatic N) is 1. The molecule has 0 fully saturated rings. The molecule has 136 valence electrons. The minimum Gasteiger partial charge on any atom is -0.490 e. The van der Waals surface area contributed by atoms with Gasteiger partial charge in [0.2, 0.25) is 0 Å². The number of rotatable bonds is 6. The standard InChI is InChI=1S/C20H15ClN2O4/c1-2-9-27-14-6-3-12(4-7-14)10-16(21)18-22-17-11-13(20(25)26)5-8-15(17)19(24)23-18/h2-8,10-11H,1,9H2,(H,25,26)(H,22,23,24)/b16-10-. The highest BCUT2D eigenvalue weighted by molar-refractivity contribution is 6.50. The lowest BCUT2D eigenvalue weighted by atomic mass is 10.1. The Morgan fingerprint density at radius 1 is 1.26 bits per heavy atom. The molecule has 0 saturated heterocycles. The number of carboxylic acids is 1. The first-order valence-corrected chi connectivity index (χ1v) is 8.34. The van der Waals surface area contributed by atoms with Crippen LogP contribution in [-0.2, 0) is 0 Å². The monoisotopic (exact) mass is 382 g/mol. The summed E-state index contributed by atoms with van der Waals surface area (Å²) in [6.07, 6.45) is 3.30. The first kappa shape index (κ1) is 18.4. The van der Waals surface area contributed by atoms with Gasteiger partial charge in [0, 0.05) is 0 Å². The van der Waals surface area contributed by atoms with E-state index in [2.05, 4.69) is 16.5 Å². The highest BCUT2D eigenvalue weighted by Gasteiger charge is 2.10. The Labute approximate surface area is 159 Å². The zero-order valence-electron chi connectivity index (χ0n) is 14.1. The van der Waals surface area contributed by atoms with Crippen LogP contribution in [0.3, 0.4) is 0 Å². The van der Waals surface area contributed by atoms with Gasteiger partial charge in [-0.1, -0.05) is 36.4 Å². The molecule has 2 N–H and O–H groups in total. The molecule has 0 aliphatic rings. The molecule has 0 spiro atoms. The Balaban J connectivity index is 1.95. The predicted octanol–water partition coefficient (Wildman–Crippen LogP) is 3.92. The van der Waals surface area contributed by atoms with Crippen LogP contribution in [0.15, 0.2) is 59.9 Å². The van der Waals surface area contributed by atoms with E-state index in [1.165, 1.54) is 18.2 Å². The van der Waals surface area contributed by atoms with Gasteiger partial charge in [0.15, 0.2) is 5.82 Å². The smallest absolute Gasteiger partial charge is 0.335 e. The molecule has 2 aromatic carbocycles. The molecule has 0 atom stereocenters.